The van der Waals surface area contributed by atoms with E-state index in [1.807, 2.05) is 6.07 Å². The number of methoxy groups -OCH3 is 1. The van der Waals surface area contributed by atoms with Gasteiger partial charge in [-0.1, -0.05) is 44.5 Å². The van der Waals surface area contributed by atoms with Crippen molar-refractivity contribution < 1.29 is 9.53 Å². The van der Waals surface area contributed by atoms with Gasteiger partial charge in [0, 0.05) is 23.0 Å². The van der Waals surface area contributed by atoms with Crippen molar-refractivity contribution in [3.05, 3.63) is 70.9 Å². The molecule has 5 heteroatoms. The van der Waals surface area contributed by atoms with Crippen molar-refractivity contribution in [1.82, 2.24) is 9.55 Å². The van der Waals surface area contributed by atoms with Gasteiger partial charge < -0.3 is 15.0 Å². The SMILES string of the molecule is CCCCc1cc2c(N)nc3cc(C(=O)OC)ccc3c2n1Cc1ccc(CC)cc1. The first-order valence-corrected chi connectivity index (χ1v) is 10.9. The maximum atomic E-state index is 12.0. The van der Waals surface area contributed by atoms with Gasteiger partial charge >= 0.3 is 5.97 Å². The third kappa shape index (κ3) is 4.00. The monoisotopic (exact) mass is 415 g/mol. The standard InChI is InChI=1S/C26H29N3O2/c1-4-6-7-20-15-22-24(29(20)16-18-10-8-17(5-2)9-11-18)21-13-12-19(26(30)31-3)14-23(21)28-25(22)27/h8-15H,4-7,16H2,1-3H3,(H2,27,28). The van der Waals surface area contributed by atoms with Crippen LogP contribution in [0.25, 0.3) is 21.8 Å². The van der Waals surface area contributed by atoms with E-state index in [-0.39, 0.29) is 5.97 Å². The van der Waals surface area contributed by atoms with E-state index in [1.165, 1.54) is 23.9 Å². The first-order valence-electron chi connectivity index (χ1n) is 10.9. The summed E-state index contributed by atoms with van der Waals surface area (Å²) >= 11 is 0. The fraction of sp³-hybridized carbons (Fsp3) is 0.308. The lowest BCUT2D eigenvalue weighted by Crippen LogP contribution is -2.06. The molecular formula is C26H29N3O2. The molecule has 5 nitrogen and oxygen atoms in total. The highest BCUT2D eigenvalue weighted by Gasteiger charge is 2.17. The maximum absolute atomic E-state index is 12.0. The molecule has 31 heavy (non-hydrogen) atoms. The molecule has 0 aliphatic rings. The number of anilines is 1. The Morgan fingerprint density at radius 3 is 2.45 bits per heavy atom. The number of unbranched alkanes of at least 4 members (excludes halogenated alkanes) is 1. The molecule has 0 saturated heterocycles. The molecule has 2 aromatic carbocycles. The van der Waals surface area contributed by atoms with Gasteiger partial charge in [0.1, 0.15) is 5.82 Å². The van der Waals surface area contributed by atoms with Crippen molar-refractivity contribution in [2.75, 3.05) is 12.8 Å². The fourth-order valence-electron chi connectivity index (χ4n) is 4.16. The van der Waals surface area contributed by atoms with Crippen molar-refractivity contribution in [3.63, 3.8) is 0 Å². The summed E-state index contributed by atoms with van der Waals surface area (Å²) in [5.74, 6) is 0.111. The van der Waals surface area contributed by atoms with Crippen LogP contribution in [-0.4, -0.2) is 22.6 Å². The molecule has 0 fully saturated rings. The highest BCUT2D eigenvalue weighted by atomic mass is 16.5. The van der Waals surface area contributed by atoms with Crippen LogP contribution in [0.15, 0.2) is 48.5 Å². The molecule has 0 aliphatic carbocycles. The van der Waals surface area contributed by atoms with Crippen molar-refractivity contribution in [2.45, 2.75) is 46.1 Å². The molecule has 2 heterocycles. The van der Waals surface area contributed by atoms with Gasteiger partial charge in [-0.25, -0.2) is 9.78 Å². The number of aromatic nitrogens is 2. The Kier molecular flexibility index (Phi) is 5.94. The molecule has 0 radical (unpaired) electrons. The predicted molar refractivity (Wildman–Crippen MR) is 127 cm³/mol. The van der Waals surface area contributed by atoms with Crippen molar-refractivity contribution in [1.29, 1.82) is 0 Å². The van der Waals surface area contributed by atoms with Crippen LogP contribution in [0.5, 0.6) is 0 Å². The molecule has 0 saturated carbocycles. The molecular weight excluding hydrogens is 386 g/mol. The molecule has 0 atom stereocenters. The number of nitrogen functional groups attached to an aromatic ring is 1. The molecule has 2 aromatic heterocycles. The zero-order valence-corrected chi connectivity index (χ0v) is 18.4. The van der Waals surface area contributed by atoms with Gasteiger partial charge in [0.15, 0.2) is 0 Å². The summed E-state index contributed by atoms with van der Waals surface area (Å²) in [4.78, 5) is 16.6. The molecule has 0 spiro atoms. The van der Waals surface area contributed by atoms with Gasteiger partial charge in [0.2, 0.25) is 0 Å². The van der Waals surface area contributed by atoms with Gasteiger partial charge in [-0.05, 0) is 54.7 Å². The number of benzene rings is 2. The van der Waals surface area contributed by atoms with Crippen LogP contribution in [0.4, 0.5) is 5.82 Å². The summed E-state index contributed by atoms with van der Waals surface area (Å²) in [6.07, 6.45) is 4.26. The summed E-state index contributed by atoms with van der Waals surface area (Å²) in [5.41, 5.74) is 12.5. The zero-order valence-electron chi connectivity index (χ0n) is 18.4. The van der Waals surface area contributed by atoms with E-state index in [9.17, 15) is 4.79 Å². The average Bonchev–Trinajstić information content (AvgIpc) is 3.16. The van der Waals surface area contributed by atoms with E-state index in [4.69, 9.17) is 10.5 Å². The van der Waals surface area contributed by atoms with Gasteiger partial charge in [0.05, 0.1) is 23.7 Å². The fourth-order valence-corrected chi connectivity index (χ4v) is 4.16. The molecule has 4 rings (SSSR count). The molecule has 0 aliphatic heterocycles. The highest BCUT2D eigenvalue weighted by Crippen LogP contribution is 2.33. The predicted octanol–water partition coefficient (Wildman–Crippen LogP) is 5.51. The Labute approximate surface area is 182 Å². The Hall–Kier alpha value is -3.34. The molecule has 160 valence electrons. The smallest absolute Gasteiger partial charge is 0.337 e. The number of pyridine rings is 1. The second-order valence-electron chi connectivity index (χ2n) is 7.98. The number of fused-ring (bicyclic) bond motifs is 3. The Balaban J connectivity index is 1.91. The van der Waals surface area contributed by atoms with E-state index < -0.39 is 0 Å². The normalized spacial score (nSPS) is 11.3. The number of hydrogen-bond acceptors (Lipinski definition) is 4. The molecule has 0 bridgehead atoms. The van der Waals surface area contributed by atoms with E-state index in [0.29, 0.717) is 16.9 Å². The number of esters is 1. The molecule has 0 amide bonds. The van der Waals surface area contributed by atoms with Crippen LogP contribution >= 0.6 is 0 Å². The van der Waals surface area contributed by atoms with E-state index in [1.54, 1.807) is 12.1 Å². The number of nitrogens with zero attached hydrogens (tertiary/aromatic N) is 2. The van der Waals surface area contributed by atoms with Gasteiger partial charge in [-0.2, -0.15) is 0 Å². The minimum atomic E-state index is -0.377. The summed E-state index contributed by atoms with van der Waals surface area (Å²) < 4.78 is 7.23. The lowest BCUT2D eigenvalue weighted by Gasteiger charge is -2.13. The van der Waals surface area contributed by atoms with Crippen LogP contribution in [0.1, 0.15) is 53.9 Å². The minimum absolute atomic E-state index is 0.377. The van der Waals surface area contributed by atoms with Crippen LogP contribution in [-0.2, 0) is 24.1 Å². The molecule has 4 aromatic rings. The second-order valence-corrected chi connectivity index (χ2v) is 7.98. The number of hydrogen-bond donors (Lipinski definition) is 1. The van der Waals surface area contributed by atoms with E-state index in [0.717, 1.165) is 48.5 Å². The topological polar surface area (TPSA) is 70.1 Å². The second kappa shape index (κ2) is 8.80. The van der Waals surface area contributed by atoms with Gasteiger partial charge in [-0.15, -0.1) is 0 Å². The Bertz CT molecular complexity index is 1240. The third-order valence-corrected chi connectivity index (χ3v) is 5.93. The highest BCUT2D eigenvalue weighted by molar-refractivity contribution is 6.10. The first-order chi connectivity index (χ1) is 15.0. The largest absolute Gasteiger partial charge is 0.465 e. The summed E-state index contributed by atoms with van der Waals surface area (Å²) in [6.45, 7) is 5.14. The maximum Gasteiger partial charge on any atom is 0.337 e. The first kappa shape index (κ1) is 20.9. The summed E-state index contributed by atoms with van der Waals surface area (Å²) in [7, 11) is 1.38. The number of rotatable bonds is 7. The minimum Gasteiger partial charge on any atom is -0.465 e. The van der Waals surface area contributed by atoms with Gasteiger partial charge in [0.25, 0.3) is 0 Å². The van der Waals surface area contributed by atoms with Crippen molar-refractivity contribution >= 4 is 33.6 Å². The van der Waals surface area contributed by atoms with Crippen molar-refractivity contribution in [2.24, 2.45) is 0 Å². The van der Waals surface area contributed by atoms with Crippen LogP contribution in [0, 0.1) is 0 Å². The lowest BCUT2D eigenvalue weighted by atomic mass is 10.1. The van der Waals surface area contributed by atoms with E-state index in [2.05, 4.69) is 53.7 Å². The number of aryl methyl sites for hydroxylation is 2. The van der Waals surface area contributed by atoms with Crippen molar-refractivity contribution in [3.8, 4) is 0 Å². The molecule has 0 unspecified atom stereocenters. The zero-order chi connectivity index (χ0) is 22.0. The molecule has 2 N–H and O–H groups in total. The number of ether oxygens (including phenoxy) is 1. The third-order valence-electron chi connectivity index (χ3n) is 5.93. The van der Waals surface area contributed by atoms with Crippen LogP contribution in [0.3, 0.4) is 0 Å². The number of carbonyl (C=O) groups excluding carboxylic acids is 1. The average molecular weight is 416 g/mol. The quantitative estimate of drug-likeness (QED) is 0.404. The Morgan fingerprint density at radius 1 is 1.03 bits per heavy atom. The number of nitrogens with two attached hydrogens (primary N) is 1. The lowest BCUT2D eigenvalue weighted by molar-refractivity contribution is 0.0601. The number of carbonyl (C=O) groups is 1. The summed E-state index contributed by atoms with van der Waals surface area (Å²) in [5, 5.41) is 1.96. The van der Waals surface area contributed by atoms with Gasteiger partial charge in [-0.3, -0.25) is 0 Å². The van der Waals surface area contributed by atoms with E-state index >= 15 is 0 Å². The Morgan fingerprint density at radius 2 is 1.77 bits per heavy atom. The van der Waals surface area contributed by atoms with Crippen LogP contribution < -0.4 is 5.73 Å². The summed E-state index contributed by atoms with van der Waals surface area (Å²) in [6, 6.07) is 16.5. The van der Waals surface area contributed by atoms with Crippen LogP contribution in [0.2, 0.25) is 0 Å².